The maximum Gasteiger partial charge on any atom is 0.160 e. The zero-order valence-corrected chi connectivity index (χ0v) is 5.81. The number of nitrogens with zero attached hydrogens (tertiary/aromatic N) is 1. The predicted molar refractivity (Wildman–Crippen MR) is 38.8 cm³/mol. The van der Waals surface area contributed by atoms with Crippen LogP contribution in [0.15, 0.2) is 6.07 Å². The van der Waals surface area contributed by atoms with Gasteiger partial charge >= 0.3 is 0 Å². The van der Waals surface area contributed by atoms with Crippen LogP contribution in [0.4, 0.5) is 5.00 Å². The number of rotatable bonds is 1. The van der Waals surface area contributed by atoms with E-state index in [0.29, 0.717) is 21.7 Å². The van der Waals surface area contributed by atoms with Crippen LogP contribution in [0.2, 0.25) is 0 Å². The van der Waals surface area contributed by atoms with Crippen LogP contribution in [0.25, 0.3) is 0 Å². The third-order valence-electron chi connectivity index (χ3n) is 1.02. The number of nitrogens with two attached hydrogens (primary N) is 1. The molecule has 50 valence electrons. The van der Waals surface area contributed by atoms with Crippen molar-refractivity contribution in [1.82, 2.24) is 0 Å². The van der Waals surface area contributed by atoms with Crippen LogP contribution in [0.1, 0.15) is 15.2 Å². The van der Waals surface area contributed by atoms with Crippen molar-refractivity contribution in [3.8, 4) is 6.07 Å². The van der Waals surface area contributed by atoms with Crippen LogP contribution in [0.3, 0.4) is 0 Å². The van der Waals surface area contributed by atoms with Gasteiger partial charge in [0.2, 0.25) is 0 Å². The average Bonchev–Trinajstić information content (AvgIpc) is 2.30. The van der Waals surface area contributed by atoms with Crippen molar-refractivity contribution in [2.24, 2.45) is 0 Å². The molecule has 0 atom stereocenters. The van der Waals surface area contributed by atoms with Gasteiger partial charge < -0.3 is 5.73 Å². The van der Waals surface area contributed by atoms with E-state index in [1.165, 1.54) is 6.07 Å². The second-order valence-electron chi connectivity index (χ2n) is 1.66. The lowest BCUT2D eigenvalue weighted by Gasteiger charge is -1.78. The van der Waals surface area contributed by atoms with Crippen molar-refractivity contribution in [2.75, 3.05) is 5.73 Å². The molecule has 3 nitrogen and oxygen atoms in total. The zero-order chi connectivity index (χ0) is 7.56. The van der Waals surface area contributed by atoms with Gasteiger partial charge in [-0.05, 0) is 6.07 Å². The molecule has 0 saturated carbocycles. The molecule has 0 amide bonds. The smallest absolute Gasteiger partial charge is 0.160 e. The predicted octanol–water partition coefficient (Wildman–Crippen LogP) is 1.01. The minimum absolute atomic E-state index is 0.382. The summed E-state index contributed by atoms with van der Waals surface area (Å²) in [6, 6.07) is 3.36. The van der Waals surface area contributed by atoms with Crippen LogP contribution >= 0.6 is 11.3 Å². The highest BCUT2D eigenvalue weighted by molar-refractivity contribution is 7.17. The van der Waals surface area contributed by atoms with Gasteiger partial charge in [-0.2, -0.15) is 5.26 Å². The molecule has 1 aromatic heterocycles. The van der Waals surface area contributed by atoms with E-state index in [2.05, 4.69) is 0 Å². The minimum Gasteiger partial charge on any atom is -0.389 e. The molecule has 4 heteroatoms. The summed E-state index contributed by atoms with van der Waals surface area (Å²) in [6.45, 7) is 0. The number of carbonyl (C=O) groups is 1. The number of aldehydes is 1. The monoisotopic (exact) mass is 152 g/mol. The van der Waals surface area contributed by atoms with Crippen LogP contribution in [-0.4, -0.2) is 6.29 Å². The standard InChI is InChI=1S/C6H4N2OS/c7-2-4-1-5(3-9)10-6(4)8/h1,3H,8H2. The van der Waals surface area contributed by atoms with Gasteiger partial charge in [-0.3, -0.25) is 4.79 Å². The Bertz CT molecular complexity index is 297. The molecular weight excluding hydrogens is 148 g/mol. The Kier molecular flexibility index (Phi) is 1.69. The molecule has 0 aliphatic carbocycles. The fraction of sp³-hybridized carbons (Fsp3) is 0. The summed E-state index contributed by atoms with van der Waals surface area (Å²) in [6.07, 6.45) is 0.682. The summed E-state index contributed by atoms with van der Waals surface area (Å²) in [4.78, 5) is 10.6. The van der Waals surface area contributed by atoms with Crippen LogP contribution in [-0.2, 0) is 0 Å². The molecule has 0 radical (unpaired) electrons. The van der Waals surface area contributed by atoms with Crippen molar-refractivity contribution >= 4 is 22.6 Å². The first-order valence-electron chi connectivity index (χ1n) is 2.52. The van der Waals surface area contributed by atoms with Gasteiger partial charge in [0, 0.05) is 0 Å². The van der Waals surface area contributed by atoms with E-state index in [0.717, 1.165) is 11.3 Å². The third kappa shape index (κ3) is 0.993. The molecule has 1 heterocycles. The van der Waals surface area contributed by atoms with Crippen molar-refractivity contribution < 1.29 is 4.79 Å². The summed E-state index contributed by atoms with van der Waals surface area (Å²) in [5, 5.41) is 8.80. The van der Waals surface area contributed by atoms with Gasteiger partial charge in [0.1, 0.15) is 11.1 Å². The van der Waals surface area contributed by atoms with Crippen molar-refractivity contribution in [1.29, 1.82) is 5.26 Å². The summed E-state index contributed by atoms with van der Waals surface area (Å²) in [5.41, 5.74) is 5.75. The van der Waals surface area contributed by atoms with Crippen LogP contribution in [0.5, 0.6) is 0 Å². The SMILES string of the molecule is N#Cc1cc(C=O)sc1N. The Balaban J connectivity index is 3.19. The van der Waals surface area contributed by atoms with Gasteiger partial charge in [0.25, 0.3) is 0 Å². The third-order valence-corrected chi connectivity index (χ3v) is 1.91. The second-order valence-corrected chi connectivity index (χ2v) is 2.77. The van der Waals surface area contributed by atoms with E-state index < -0.39 is 0 Å². The van der Waals surface area contributed by atoms with Gasteiger partial charge in [0.15, 0.2) is 6.29 Å². The number of anilines is 1. The second kappa shape index (κ2) is 2.50. The molecule has 1 aromatic rings. The normalized spacial score (nSPS) is 8.70. The molecule has 2 N–H and O–H groups in total. The molecular formula is C6H4N2OS. The summed E-state index contributed by atoms with van der Waals surface area (Å²) in [7, 11) is 0. The van der Waals surface area contributed by atoms with E-state index in [1.54, 1.807) is 0 Å². The van der Waals surface area contributed by atoms with E-state index in [9.17, 15) is 4.79 Å². The van der Waals surface area contributed by atoms with E-state index in [-0.39, 0.29) is 0 Å². The quantitative estimate of drug-likeness (QED) is 0.611. The lowest BCUT2D eigenvalue weighted by atomic mass is 10.3. The van der Waals surface area contributed by atoms with Crippen LogP contribution < -0.4 is 5.73 Å². The highest BCUT2D eigenvalue weighted by Crippen LogP contribution is 2.22. The van der Waals surface area contributed by atoms with Gasteiger partial charge in [-0.15, -0.1) is 11.3 Å². The first-order valence-corrected chi connectivity index (χ1v) is 3.34. The van der Waals surface area contributed by atoms with E-state index in [1.807, 2.05) is 6.07 Å². The van der Waals surface area contributed by atoms with E-state index >= 15 is 0 Å². The minimum atomic E-state index is 0.382. The lowest BCUT2D eigenvalue weighted by Crippen LogP contribution is -1.80. The molecule has 0 fully saturated rings. The Hall–Kier alpha value is -1.34. The Morgan fingerprint density at radius 3 is 2.80 bits per heavy atom. The van der Waals surface area contributed by atoms with Crippen LogP contribution in [0, 0.1) is 11.3 Å². The first kappa shape index (κ1) is 6.78. The molecule has 0 bridgehead atoms. The molecule has 0 aliphatic heterocycles. The number of nitriles is 1. The maximum atomic E-state index is 10.1. The van der Waals surface area contributed by atoms with E-state index in [4.69, 9.17) is 11.0 Å². The van der Waals surface area contributed by atoms with Crippen molar-refractivity contribution in [3.05, 3.63) is 16.5 Å². The summed E-state index contributed by atoms with van der Waals surface area (Å²) < 4.78 is 0. The lowest BCUT2D eigenvalue weighted by molar-refractivity contribution is 0.112. The molecule has 0 unspecified atom stereocenters. The number of carbonyl (C=O) groups excluding carboxylic acids is 1. The highest BCUT2D eigenvalue weighted by Gasteiger charge is 2.02. The molecule has 0 saturated heterocycles. The Morgan fingerprint density at radius 1 is 1.80 bits per heavy atom. The maximum absolute atomic E-state index is 10.1. The largest absolute Gasteiger partial charge is 0.389 e. The number of hydrogen-bond donors (Lipinski definition) is 1. The number of hydrogen-bond acceptors (Lipinski definition) is 4. The molecule has 0 spiro atoms. The van der Waals surface area contributed by atoms with Crippen molar-refractivity contribution in [2.45, 2.75) is 0 Å². The van der Waals surface area contributed by atoms with Gasteiger partial charge in [0.05, 0.1) is 10.4 Å². The fourth-order valence-corrected chi connectivity index (χ4v) is 1.26. The number of thiophene rings is 1. The molecule has 0 aromatic carbocycles. The highest BCUT2D eigenvalue weighted by atomic mass is 32.1. The summed E-state index contributed by atoms with van der Waals surface area (Å²) in [5.74, 6) is 0. The molecule has 1 rings (SSSR count). The molecule has 10 heavy (non-hydrogen) atoms. The average molecular weight is 152 g/mol. The summed E-state index contributed by atoms with van der Waals surface area (Å²) >= 11 is 1.13. The Labute approximate surface area is 61.7 Å². The molecule has 0 aliphatic rings. The van der Waals surface area contributed by atoms with Gasteiger partial charge in [-0.1, -0.05) is 0 Å². The first-order chi connectivity index (χ1) is 4.77. The fourth-order valence-electron chi connectivity index (χ4n) is 0.570. The van der Waals surface area contributed by atoms with Crippen molar-refractivity contribution in [3.63, 3.8) is 0 Å². The Morgan fingerprint density at radius 2 is 2.50 bits per heavy atom. The topological polar surface area (TPSA) is 66.9 Å². The number of nitrogen functional groups attached to an aromatic ring is 1. The van der Waals surface area contributed by atoms with Gasteiger partial charge in [-0.25, -0.2) is 0 Å². The zero-order valence-electron chi connectivity index (χ0n) is 5.00.